The summed E-state index contributed by atoms with van der Waals surface area (Å²) < 4.78 is 10.5. The van der Waals surface area contributed by atoms with E-state index in [0.717, 1.165) is 17.2 Å². The highest BCUT2D eigenvalue weighted by atomic mass is 33.1. The molecule has 0 atom stereocenters. The zero-order valence-electron chi connectivity index (χ0n) is 14.2. The maximum absolute atomic E-state index is 11.6. The summed E-state index contributed by atoms with van der Waals surface area (Å²) in [6.07, 6.45) is 0. The number of hydrogen-bond acceptors (Lipinski definition) is 7. The highest BCUT2D eigenvalue weighted by Crippen LogP contribution is 2.24. The molecule has 0 heterocycles. The lowest BCUT2D eigenvalue weighted by Gasteiger charge is -2.04. The van der Waals surface area contributed by atoms with Crippen LogP contribution >= 0.6 is 21.6 Å². The van der Waals surface area contributed by atoms with Gasteiger partial charge in [-0.15, -0.1) is 0 Å². The summed E-state index contributed by atoms with van der Waals surface area (Å²) in [5.74, 6) is 2.15. The Kier molecular flexibility index (Phi) is 8.34. The van der Waals surface area contributed by atoms with Crippen LogP contribution in [0.3, 0.4) is 0 Å². The van der Waals surface area contributed by atoms with Crippen molar-refractivity contribution in [2.24, 2.45) is 10.2 Å². The van der Waals surface area contributed by atoms with Gasteiger partial charge in [0.05, 0.1) is 23.5 Å². The van der Waals surface area contributed by atoms with Gasteiger partial charge in [-0.05, 0) is 55.5 Å². The maximum atomic E-state index is 11.6. The first-order chi connectivity index (χ1) is 12.2. The van der Waals surface area contributed by atoms with Gasteiger partial charge in [0.25, 0.3) is 0 Å². The van der Waals surface area contributed by atoms with Crippen molar-refractivity contribution in [2.75, 3.05) is 18.3 Å². The van der Waals surface area contributed by atoms with E-state index in [2.05, 4.69) is 17.2 Å². The fourth-order valence-electron chi connectivity index (χ4n) is 1.81. The third-order valence-electron chi connectivity index (χ3n) is 2.97. The first-order valence-electron chi connectivity index (χ1n) is 7.89. The zero-order chi connectivity index (χ0) is 17.9. The summed E-state index contributed by atoms with van der Waals surface area (Å²) in [7, 11) is 3.46. The molecule has 0 aromatic heterocycles. The predicted octanol–water partition coefficient (Wildman–Crippen LogP) is 6.02. The molecule has 25 heavy (non-hydrogen) atoms. The highest BCUT2D eigenvalue weighted by molar-refractivity contribution is 8.76. The monoisotopic (exact) mass is 376 g/mol. The largest absolute Gasteiger partial charge is 0.482 e. The van der Waals surface area contributed by atoms with Crippen LogP contribution in [0.5, 0.6) is 5.75 Å². The van der Waals surface area contributed by atoms with Gasteiger partial charge in [-0.25, -0.2) is 4.79 Å². The minimum Gasteiger partial charge on any atom is -0.482 e. The second-order valence-corrected chi connectivity index (χ2v) is 7.45. The van der Waals surface area contributed by atoms with E-state index in [0.29, 0.717) is 23.8 Å². The van der Waals surface area contributed by atoms with Crippen molar-refractivity contribution in [3.8, 4) is 5.75 Å². The molecule has 7 heteroatoms. The lowest BCUT2D eigenvalue weighted by Crippen LogP contribution is -2.03. The Balaban J connectivity index is 1.89. The number of ether oxygens (including phenoxy) is 2. The van der Waals surface area contributed by atoms with Gasteiger partial charge >= 0.3 is 5.97 Å². The van der Waals surface area contributed by atoms with Crippen molar-refractivity contribution in [1.82, 2.24) is 0 Å². The average molecular weight is 377 g/mol. The molecule has 0 unspecified atom stereocenters. The summed E-state index contributed by atoms with van der Waals surface area (Å²) in [6.45, 7) is 4.25. The second-order valence-electron chi connectivity index (χ2n) is 4.75. The number of carbonyl (C=O) groups excluding carboxylic acids is 1. The zero-order valence-corrected chi connectivity index (χ0v) is 15.8. The highest BCUT2D eigenvalue weighted by Gasteiger charge is 2.05. The molecule has 0 aliphatic rings. The molecule has 0 saturated carbocycles. The van der Waals surface area contributed by atoms with Gasteiger partial charge in [0.15, 0.2) is 0 Å². The number of nitrogens with zero attached hydrogens (tertiary/aromatic N) is 2. The van der Waals surface area contributed by atoms with E-state index in [9.17, 15) is 4.79 Å². The van der Waals surface area contributed by atoms with Gasteiger partial charge in [-0.3, -0.25) is 0 Å². The van der Waals surface area contributed by atoms with E-state index < -0.39 is 0 Å². The van der Waals surface area contributed by atoms with Gasteiger partial charge in [-0.2, -0.15) is 10.2 Å². The Labute approximate surface area is 155 Å². The van der Waals surface area contributed by atoms with Crippen molar-refractivity contribution in [3.63, 3.8) is 0 Å². The number of esters is 1. The van der Waals surface area contributed by atoms with Crippen LogP contribution in [0.25, 0.3) is 0 Å². The molecule has 0 N–H and O–H groups in total. The summed E-state index contributed by atoms with van der Waals surface area (Å²) >= 11 is 0. The average Bonchev–Trinajstić information content (AvgIpc) is 2.65. The molecule has 0 spiro atoms. The van der Waals surface area contributed by atoms with E-state index in [1.165, 1.54) is 0 Å². The first kappa shape index (κ1) is 19.3. The van der Waals surface area contributed by atoms with Crippen LogP contribution in [0.1, 0.15) is 24.2 Å². The van der Waals surface area contributed by atoms with Gasteiger partial charge in [0.2, 0.25) is 0 Å². The minimum atomic E-state index is -0.336. The van der Waals surface area contributed by atoms with Crippen LogP contribution in [-0.4, -0.2) is 24.3 Å². The molecule has 0 fully saturated rings. The van der Waals surface area contributed by atoms with E-state index >= 15 is 0 Å². The van der Waals surface area contributed by atoms with Gasteiger partial charge < -0.3 is 9.47 Å². The maximum Gasteiger partial charge on any atom is 0.338 e. The molecule has 0 aliphatic carbocycles. The standard InChI is InChI=1S/C18H20N2O3S2/c1-3-22-18(21)14-5-7-15(8-6-14)19-20-16-9-11-17(12-10-16)23-13-25-24-4-2/h5-12H,3-4,13H2,1-2H3. The van der Waals surface area contributed by atoms with E-state index in [1.807, 2.05) is 24.3 Å². The minimum absolute atomic E-state index is 0.336. The molecule has 0 amide bonds. The van der Waals surface area contributed by atoms with Crippen LogP contribution in [0.2, 0.25) is 0 Å². The molecule has 0 bridgehead atoms. The molecule has 0 saturated heterocycles. The summed E-state index contributed by atoms with van der Waals surface area (Å²) in [5.41, 5.74) is 1.90. The smallest absolute Gasteiger partial charge is 0.338 e. The summed E-state index contributed by atoms with van der Waals surface area (Å²) in [6, 6.07) is 14.3. The molecule has 132 valence electrons. The van der Waals surface area contributed by atoms with Crippen molar-refractivity contribution in [3.05, 3.63) is 54.1 Å². The lowest BCUT2D eigenvalue weighted by molar-refractivity contribution is 0.0526. The van der Waals surface area contributed by atoms with Gasteiger partial charge in [-0.1, -0.05) is 28.5 Å². The van der Waals surface area contributed by atoms with Crippen molar-refractivity contribution in [1.29, 1.82) is 0 Å². The number of azo groups is 1. The summed E-state index contributed by atoms with van der Waals surface area (Å²) in [5, 5.41) is 8.35. The SMILES string of the molecule is CCOC(=O)c1ccc(N=Nc2ccc(OCSSCC)cc2)cc1. The van der Waals surface area contributed by atoms with Gasteiger partial charge in [0.1, 0.15) is 11.7 Å². The molecule has 5 nitrogen and oxygen atoms in total. The normalized spacial score (nSPS) is 10.8. The molecule has 2 aromatic rings. The second kappa shape index (κ2) is 10.8. The predicted molar refractivity (Wildman–Crippen MR) is 104 cm³/mol. The number of carbonyl (C=O) groups is 1. The Morgan fingerprint density at radius 1 is 0.920 bits per heavy atom. The first-order valence-corrected chi connectivity index (χ1v) is 10.4. The Hall–Kier alpha value is -1.99. The van der Waals surface area contributed by atoms with Crippen molar-refractivity contribution >= 4 is 38.9 Å². The van der Waals surface area contributed by atoms with Crippen LogP contribution in [-0.2, 0) is 4.74 Å². The van der Waals surface area contributed by atoms with Crippen molar-refractivity contribution < 1.29 is 14.3 Å². The fraction of sp³-hybridized carbons (Fsp3) is 0.278. The van der Waals surface area contributed by atoms with E-state index in [4.69, 9.17) is 9.47 Å². The van der Waals surface area contributed by atoms with Crippen LogP contribution in [0.15, 0.2) is 58.8 Å². The van der Waals surface area contributed by atoms with Crippen LogP contribution in [0.4, 0.5) is 11.4 Å². The molecule has 0 radical (unpaired) electrons. The fourth-order valence-corrected chi connectivity index (χ4v) is 3.08. The Morgan fingerprint density at radius 2 is 1.52 bits per heavy atom. The molecular formula is C18H20N2O3S2. The van der Waals surface area contributed by atoms with E-state index in [1.54, 1.807) is 52.8 Å². The topological polar surface area (TPSA) is 60.2 Å². The van der Waals surface area contributed by atoms with Gasteiger partial charge in [0, 0.05) is 5.75 Å². The van der Waals surface area contributed by atoms with Crippen LogP contribution in [0, 0.1) is 0 Å². The lowest BCUT2D eigenvalue weighted by atomic mass is 10.2. The molecule has 0 aliphatic heterocycles. The number of hydrogen-bond donors (Lipinski definition) is 0. The summed E-state index contributed by atoms with van der Waals surface area (Å²) in [4.78, 5) is 11.6. The third-order valence-corrected chi connectivity index (χ3v) is 5.08. The van der Waals surface area contributed by atoms with E-state index in [-0.39, 0.29) is 5.97 Å². The van der Waals surface area contributed by atoms with Crippen molar-refractivity contribution in [2.45, 2.75) is 13.8 Å². The molecule has 2 aromatic carbocycles. The molecule has 2 rings (SSSR count). The van der Waals surface area contributed by atoms with Crippen LogP contribution < -0.4 is 4.74 Å². The Bertz CT molecular complexity index is 688. The third kappa shape index (κ3) is 6.80. The Morgan fingerprint density at radius 3 is 2.08 bits per heavy atom. The molecular weight excluding hydrogens is 356 g/mol. The quantitative estimate of drug-likeness (QED) is 0.176. The number of benzene rings is 2. The number of rotatable bonds is 9.